The van der Waals surface area contributed by atoms with Crippen molar-refractivity contribution in [1.82, 2.24) is 10.2 Å². The summed E-state index contributed by atoms with van der Waals surface area (Å²) in [6.07, 6.45) is 0.256. The van der Waals surface area contributed by atoms with Crippen molar-refractivity contribution in [3.05, 3.63) is 131 Å². The molecule has 0 bridgehead atoms. The molecule has 9 heteroatoms. The lowest BCUT2D eigenvalue weighted by Gasteiger charge is -2.34. The Kier molecular flexibility index (Phi) is 10.6. The molecule has 0 radical (unpaired) electrons. The zero-order valence-corrected chi connectivity index (χ0v) is 26.1. The summed E-state index contributed by atoms with van der Waals surface area (Å²) in [6, 6.07) is 30.4. The van der Waals surface area contributed by atoms with Crippen molar-refractivity contribution in [2.24, 2.45) is 0 Å². The quantitative estimate of drug-likeness (QED) is 0.211. The fourth-order valence-corrected chi connectivity index (χ4v) is 6.22. The summed E-state index contributed by atoms with van der Waals surface area (Å²) in [7, 11) is -4.18. The Balaban J connectivity index is 1.78. The number of hydrogen-bond donors (Lipinski definition) is 1. The molecule has 43 heavy (non-hydrogen) atoms. The monoisotopic (exact) mass is 617 g/mol. The number of carbonyl (C=O) groups is 2. The van der Waals surface area contributed by atoms with Crippen LogP contribution in [0.25, 0.3) is 0 Å². The first kappa shape index (κ1) is 31.8. The lowest BCUT2D eigenvalue weighted by Crippen LogP contribution is -2.54. The number of anilines is 1. The number of halogens is 1. The maximum atomic E-state index is 14.4. The number of hydrogen-bond acceptors (Lipinski definition) is 4. The number of aryl methyl sites for hydroxylation is 1. The predicted octanol–water partition coefficient (Wildman–Crippen LogP) is 6.01. The molecular formula is C34H36ClN3O4S. The van der Waals surface area contributed by atoms with Crippen LogP contribution in [0.15, 0.2) is 114 Å². The summed E-state index contributed by atoms with van der Waals surface area (Å²) in [4.78, 5) is 29.6. The van der Waals surface area contributed by atoms with E-state index in [9.17, 15) is 18.0 Å². The van der Waals surface area contributed by atoms with Crippen LogP contribution in [0.3, 0.4) is 0 Å². The van der Waals surface area contributed by atoms with Crippen molar-refractivity contribution < 1.29 is 18.0 Å². The van der Waals surface area contributed by atoms with E-state index < -0.39 is 28.5 Å². The maximum Gasteiger partial charge on any atom is 0.264 e. The van der Waals surface area contributed by atoms with Crippen LogP contribution in [-0.2, 0) is 32.6 Å². The van der Waals surface area contributed by atoms with E-state index in [1.807, 2.05) is 75.4 Å². The Bertz CT molecular complexity index is 1610. The smallest absolute Gasteiger partial charge is 0.264 e. The number of rotatable bonds is 12. The van der Waals surface area contributed by atoms with Gasteiger partial charge < -0.3 is 10.2 Å². The van der Waals surface area contributed by atoms with E-state index in [1.54, 1.807) is 30.3 Å². The molecule has 0 aliphatic heterocycles. The molecule has 1 N–H and O–H groups in total. The fourth-order valence-electron chi connectivity index (χ4n) is 4.68. The summed E-state index contributed by atoms with van der Waals surface area (Å²) in [5.74, 6) is -0.826. The third kappa shape index (κ3) is 8.46. The third-order valence-electron chi connectivity index (χ3n) is 6.90. The van der Waals surface area contributed by atoms with Gasteiger partial charge in [0.2, 0.25) is 11.8 Å². The highest BCUT2D eigenvalue weighted by Gasteiger charge is 2.34. The van der Waals surface area contributed by atoms with E-state index in [0.29, 0.717) is 10.7 Å². The molecule has 0 aliphatic carbocycles. The summed E-state index contributed by atoms with van der Waals surface area (Å²) in [5.41, 5.74) is 3.08. The van der Waals surface area contributed by atoms with Gasteiger partial charge in [0.15, 0.2) is 0 Å². The second-order valence-electron chi connectivity index (χ2n) is 10.7. The molecule has 0 aromatic heterocycles. The molecule has 0 saturated carbocycles. The zero-order chi connectivity index (χ0) is 31.0. The normalized spacial score (nSPS) is 12.0. The molecule has 1 unspecified atom stereocenters. The number of para-hydroxylation sites is 1. The van der Waals surface area contributed by atoms with Crippen molar-refractivity contribution in [2.75, 3.05) is 10.8 Å². The van der Waals surface area contributed by atoms with Crippen LogP contribution in [0.5, 0.6) is 0 Å². The first-order chi connectivity index (χ1) is 20.5. The minimum Gasteiger partial charge on any atom is -0.352 e. The van der Waals surface area contributed by atoms with Crippen molar-refractivity contribution in [3.8, 4) is 0 Å². The molecule has 0 fully saturated rings. The van der Waals surface area contributed by atoms with Crippen LogP contribution >= 0.6 is 11.6 Å². The fraction of sp³-hybridized carbons (Fsp3) is 0.235. The van der Waals surface area contributed by atoms with Crippen LogP contribution in [0, 0.1) is 6.92 Å². The van der Waals surface area contributed by atoms with Gasteiger partial charge in [0.05, 0.1) is 10.6 Å². The summed E-state index contributed by atoms with van der Waals surface area (Å²) in [5, 5.41) is 3.36. The van der Waals surface area contributed by atoms with Crippen molar-refractivity contribution in [3.63, 3.8) is 0 Å². The van der Waals surface area contributed by atoms with Gasteiger partial charge in [0.25, 0.3) is 10.0 Å². The number of nitrogens with one attached hydrogen (secondary N) is 1. The lowest BCUT2D eigenvalue weighted by molar-refractivity contribution is -0.140. The first-order valence-electron chi connectivity index (χ1n) is 14.1. The molecule has 0 saturated heterocycles. The van der Waals surface area contributed by atoms with Crippen molar-refractivity contribution in [1.29, 1.82) is 0 Å². The molecule has 0 heterocycles. The summed E-state index contributed by atoms with van der Waals surface area (Å²) >= 11 is 6.03. The highest BCUT2D eigenvalue weighted by atomic mass is 35.5. The van der Waals surface area contributed by atoms with Crippen LogP contribution < -0.4 is 9.62 Å². The van der Waals surface area contributed by atoms with Gasteiger partial charge in [0.1, 0.15) is 12.6 Å². The Morgan fingerprint density at radius 2 is 1.37 bits per heavy atom. The molecule has 0 aliphatic rings. The minimum atomic E-state index is -4.18. The average molecular weight is 618 g/mol. The largest absolute Gasteiger partial charge is 0.352 e. The first-order valence-corrected chi connectivity index (χ1v) is 15.9. The Morgan fingerprint density at radius 3 is 1.95 bits per heavy atom. The molecule has 7 nitrogen and oxygen atoms in total. The molecule has 4 aromatic rings. The maximum absolute atomic E-state index is 14.4. The van der Waals surface area contributed by atoms with Crippen molar-refractivity contribution in [2.45, 2.75) is 50.7 Å². The lowest BCUT2D eigenvalue weighted by atomic mass is 10.0. The summed E-state index contributed by atoms with van der Waals surface area (Å²) < 4.78 is 29.0. The molecule has 1 atom stereocenters. The minimum absolute atomic E-state index is 0.00276. The van der Waals surface area contributed by atoms with E-state index in [2.05, 4.69) is 5.32 Å². The van der Waals surface area contributed by atoms with Gasteiger partial charge in [-0.1, -0.05) is 90.0 Å². The van der Waals surface area contributed by atoms with Gasteiger partial charge >= 0.3 is 0 Å². The molecular weight excluding hydrogens is 582 g/mol. The molecule has 224 valence electrons. The number of nitrogens with zero attached hydrogens (tertiary/aromatic N) is 2. The van der Waals surface area contributed by atoms with Crippen LogP contribution in [0.4, 0.5) is 5.69 Å². The topological polar surface area (TPSA) is 86.8 Å². The van der Waals surface area contributed by atoms with Crippen LogP contribution in [0.1, 0.15) is 30.5 Å². The SMILES string of the molecule is Cc1ccc(CN(C(=O)CN(c2ccccc2)S(=O)(=O)c2ccc(Cl)cc2)C(Cc2ccccc2)C(=O)NC(C)C)cc1. The van der Waals surface area contributed by atoms with Crippen LogP contribution in [0.2, 0.25) is 5.02 Å². The second kappa shape index (κ2) is 14.4. The van der Waals surface area contributed by atoms with E-state index in [4.69, 9.17) is 11.6 Å². The third-order valence-corrected chi connectivity index (χ3v) is 8.94. The van der Waals surface area contributed by atoms with Gasteiger partial charge in [-0.05, 0) is 68.3 Å². The van der Waals surface area contributed by atoms with Gasteiger partial charge in [0, 0.05) is 24.0 Å². The number of amides is 2. The number of sulfonamides is 1. The van der Waals surface area contributed by atoms with Gasteiger partial charge in [-0.15, -0.1) is 0 Å². The molecule has 0 spiro atoms. The zero-order valence-electron chi connectivity index (χ0n) is 24.5. The number of carbonyl (C=O) groups excluding carboxylic acids is 2. The van der Waals surface area contributed by atoms with E-state index in [-0.39, 0.29) is 29.8 Å². The van der Waals surface area contributed by atoms with Crippen LogP contribution in [-0.4, -0.2) is 43.8 Å². The standard InChI is InChI=1S/C34H36ClN3O4S/c1-25(2)36-34(40)32(22-27-10-6-4-7-11-27)37(23-28-16-14-26(3)15-17-28)33(39)24-38(30-12-8-5-9-13-30)43(41,42)31-20-18-29(35)19-21-31/h4-21,25,32H,22-24H2,1-3H3,(H,36,40). The Morgan fingerprint density at radius 1 is 0.791 bits per heavy atom. The van der Waals surface area contributed by atoms with Crippen molar-refractivity contribution >= 4 is 39.1 Å². The molecule has 4 rings (SSSR count). The predicted molar refractivity (Wildman–Crippen MR) is 171 cm³/mol. The highest BCUT2D eigenvalue weighted by molar-refractivity contribution is 7.92. The average Bonchev–Trinajstić information content (AvgIpc) is 2.99. The molecule has 2 amide bonds. The van der Waals surface area contributed by atoms with Gasteiger partial charge in [-0.2, -0.15) is 0 Å². The second-order valence-corrected chi connectivity index (χ2v) is 13.0. The van der Waals surface area contributed by atoms with E-state index in [1.165, 1.54) is 29.2 Å². The van der Waals surface area contributed by atoms with Gasteiger partial charge in [-0.3, -0.25) is 13.9 Å². The van der Waals surface area contributed by atoms with E-state index in [0.717, 1.165) is 21.0 Å². The van der Waals surface area contributed by atoms with E-state index >= 15 is 0 Å². The Hall–Kier alpha value is -4.14. The molecule has 4 aromatic carbocycles. The summed E-state index contributed by atoms with van der Waals surface area (Å²) in [6.45, 7) is 5.30. The number of benzene rings is 4. The highest BCUT2D eigenvalue weighted by Crippen LogP contribution is 2.26. The Labute approximate surface area is 259 Å². The van der Waals surface area contributed by atoms with Gasteiger partial charge in [-0.25, -0.2) is 8.42 Å².